The monoisotopic (exact) mass is 746 g/mol. The Morgan fingerprint density at radius 3 is 1.39 bits per heavy atom. The summed E-state index contributed by atoms with van der Waals surface area (Å²) in [4.78, 5) is 18.3. The van der Waals surface area contributed by atoms with Gasteiger partial charge in [-0.25, -0.2) is 13.5 Å². The van der Waals surface area contributed by atoms with Gasteiger partial charge in [0.15, 0.2) is 6.10 Å². The topological polar surface area (TPSA) is 130 Å². The van der Waals surface area contributed by atoms with Crippen molar-refractivity contribution in [2.45, 2.75) is 54.9 Å². The Bertz CT molecular complexity index is 1010. The molecule has 30 heteroatoms. The highest BCUT2D eigenvalue weighted by molar-refractivity contribution is 7.47. The Hall–Kier alpha value is -1.12. The summed E-state index contributed by atoms with van der Waals surface area (Å²) in [5.74, 6) is -12.6. The van der Waals surface area contributed by atoms with E-state index in [1.165, 1.54) is 0 Å². The zero-order valence-corrected chi connectivity index (χ0v) is 21.8. The smallest absolute Gasteiger partial charge is 0.334 e. The second-order valence-electron chi connectivity index (χ2n) is 7.46. The molecule has 0 aromatic rings. The largest absolute Gasteiger partial charge is 0.472 e. The van der Waals surface area contributed by atoms with Crippen LogP contribution in [0.15, 0.2) is 0 Å². The minimum absolute atomic E-state index is 1.65. The lowest BCUT2D eigenvalue weighted by atomic mass is 10.3. The Labute approximate surface area is 230 Å². The summed E-state index contributed by atoms with van der Waals surface area (Å²) in [5.41, 5.74) is 0. The van der Waals surface area contributed by atoms with Gasteiger partial charge in [-0.1, -0.05) is 0 Å². The van der Waals surface area contributed by atoms with Gasteiger partial charge < -0.3 is 14.5 Å². The molecule has 2 N–H and O–H groups in total. The van der Waals surface area contributed by atoms with Gasteiger partial charge in [-0.3, -0.25) is 22.8 Å². The van der Waals surface area contributed by atoms with Crippen molar-refractivity contribution in [1.82, 2.24) is 0 Å². The van der Waals surface area contributed by atoms with Gasteiger partial charge in [-0.15, -0.1) is 0 Å². The molecular weight excluding hydrogens is 732 g/mol. The third-order valence-electron chi connectivity index (χ3n) is 4.01. The lowest BCUT2D eigenvalue weighted by Crippen LogP contribution is -2.56. The normalized spacial score (nSPS) is 20.0. The Morgan fingerprint density at radius 2 is 1.02 bits per heavy atom. The standard InChI is InChI=1S/C14H14F18O10P2/c15-6(9(17,18)19)3-37-8(16,12(25,26)27)5-41-44(35,36)39-2-1-38-43(33,34)40-4-7(10(20,21)22)42-14(31,32)11(23,24)13(28,29)30/h6-7H,1-5H2,(H,33,34)(H,35,36). The van der Waals surface area contributed by atoms with Gasteiger partial charge in [-0.2, -0.15) is 74.6 Å². The summed E-state index contributed by atoms with van der Waals surface area (Å²) in [6.45, 7) is -11.5. The predicted octanol–water partition coefficient (Wildman–Crippen LogP) is 6.14. The van der Waals surface area contributed by atoms with Crippen LogP contribution < -0.4 is 0 Å². The van der Waals surface area contributed by atoms with Crippen LogP contribution in [0, 0.1) is 0 Å². The summed E-state index contributed by atoms with van der Waals surface area (Å²) >= 11 is 0. The average Bonchev–Trinajstić information content (AvgIpc) is 2.78. The molecule has 5 unspecified atom stereocenters. The maximum Gasteiger partial charge on any atom is 0.472 e. The molecule has 0 bridgehead atoms. The summed E-state index contributed by atoms with van der Waals surface area (Å²) in [7, 11) is -12.0. The molecular formula is C14H14F18O10P2. The maximum absolute atomic E-state index is 13.9. The fraction of sp³-hybridized carbons (Fsp3) is 1.00. The number of phosphoric acid groups is 2. The zero-order chi connectivity index (χ0) is 35.4. The molecule has 0 saturated carbocycles. The number of hydrogen-bond donors (Lipinski definition) is 2. The van der Waals surface area contributed by atoms with E-state index >= 15 is 0 Å². The number of halogens is 18. The van der Waals surface area contributed by atoms with Crippen molar-refractivity contribution in [3.63, 3.8) is 0 Å². The van der Waals surface area contributed by atoms with Gasteiger partial charge >= 0.3 is 58.2 Å². The van der Waals surface area contributed by atoms with E-state index < -0.39 is 104 Å². The van der Waals surface area contributed by atoms with E-state index in [0.717, 1.165) is 0 Å². The summed E-state index contributed by atoms with van der Waals surface area (Å²) < 4.78 is 270. The van der Waals surface area contributed by atoms with Crippen molar-refractivity contribution in [2.24, 2.45) is 0 Å². The minimum atomic E-state index is -7.23. The first-order chi connectivity index (χ1) is 19.1. The molecule has 0 amide bonds. The molecule has 266 valence electrons. The van der Waals surface area contributed by atoms with Crippen molar-refractivity contribution in [3.05, 3.63) is 0 Å². The maximum atomic E-state index is 13.9. The zero-order valence-electron chi connectivity index (χ0n) is 20.0. The van der Waals surface area contributed by atoms with Gasteiger partial charge in [0.2, 0.25) is 6.17 Å². The van der Waals surface area contributed by atoms with Crippen LogP contribution in [0.4, 0.5) is 79.0 Å². The van der Waals surface area contributed by atoms with Crippen LogP contribution in [0.5, 0.6) is 0 Å². The number of phosphoric ester groups is 2. The van der Waals surface area contributed by atoms with Crippen LogP contribution in [0.2, 0.25) is 0 Å². The highest BCUT2D eigenvalue weighted by atomic mass is 31.2. The summed E-state index contributed by atoms with van der Waals surface area (Å²) in [6, 6.07) is 0. The Morgan fingerprint density at radius 1 is 0.591 bits per heavy atom. The fourth-order valence-electron chi connectivity index (χ4n) is 1.82. The Balaban J connectivity index is 5.17. The molecule has 0 fully saturated rings. The van der Waals surface area contributed by atoms with Crippen molar-refractivity contribution in [3.8, 4) is 0 Å². The molecule has 0 aromatic carbocycles. The van der Waals surface area contributed by atoms with E-state index in [9.17, 15) is 93.1 Å². The molecule has 44 heavy (non-hydrogen) atoms. The first-order valence-corrected chi connectivity index (χ1v) is 13.0. The highest BCUT2D eigenvalue weighted by Crippen LogP contribution is 2.50. The molecule has 0 radical (unpaired) electrons. The van der Waals surface area contributed by atoms with Gasteiger partial charge in [0.1, 0.15) is 6.61 Å². The van der Waals surface area contributed by atoms with Gasteiger partial charge in [0.05, 0.1) is 26.4 Å². The van der Waals surface area contributed by atoms with Crippen LogP contribution in [-0.2, 0) is 36.7 Å². The van der Waals surface area contributed by atoms with Crippen LogP contribution in [0.3, 0.4) is 0 Å². The van der Waals surface area contributed by atoms with E-state index in [1.807, 2.05) is 0 Å². The molecule has 0 aromatic heterocycles. The third-order valence-corrected chi connectivity index (χ3v) is 5.96. The number of ether oxygens (including phenoxy) is 2. The Kier molecular flexibility index (Phi) is 14.0. The molecule has 5 atom stereocenters. The van der Waals surface area contributed by atoms with Gasteiger partial charge in [0, 0.05) is 0 Å². The quantitative estimate of drug-likeness (QED) is 0.102. The molecule has 0 rings (SSSR count). The van der Waals surface area contributed by atoms with E-state index in [4.69, 9.17) is 4.89 Å². The average molecular weight is 746 g/mol. The number of alkyl halides is 18. The van der Waals surface area contributed by atoms with Gasteiger partial charge in [0.25, 0.3) is 0 Å². The first-order valence-electron chi connectivity index (χ1n) is 10.0. The van der Waals surface area contributed by atoms with E-state index in [2.05, 4.69) is 27.6 Å². The van der Waals surface area contributed by atoms with Crippen LogP contribution in [0.1, 0.15) is 0 Å². The lowest BCUT2D eigenvalue weighted by molar-refractivity contribution is -0.446. The molecule has 10 nitrogen and oxygen atoms in total. The van der Waals surface area contributed by atoms with E-state index in [1.54, 1.807) is 0 Å². The number of rotatable bonds is 17. The SMILES string of the molecule is O=P(O)(OCCOP(=O)(O)OCC(F)(OCC(F)C(F)(F)F)C(F)(F)F)OCC(OC(F)(F)C(F)(F)C(F)(F)F)C(F)(F)F. The molecule has 0 spiro atoms. The fourth-order valence-corrected chi connectivity index (χ4v) is 3.24. The molecule has 0 aliphatic rings. The lowest BCUT2D eigenvalue weighted by Gasteiger charge is -2.31. The van der Waals surface area contributed by atoms with Crippen molar-refractivity contribution >= 4 is 15.6 Å². The molecule has 0 aliphatic heterocycles. The highest BCUT2D eigenvalue weighted by Gasteiger charge is 2.76. The first kappa shape index (κ1) is 42.9. The number of hydrogen-bond acceptors (Lipinski definition) is 8. The van der Waals surface area contributed by atoms with Crippen molar-refractivity contribution < 1.29 is 126 Å². The van der Waals surface area contributed by atoms with Crippen molar-refractivity contribution in [2.75, 3.05) is 33.0 Å². The molecule has 0 heterocycles. The second-order valence-corrected chi connectivity index (χ2v) is 10.4. The van der Waals surface area contributed by atoms with Crippen LogP contribution in [0.25, 0.3) is 0 Å². The third kappa shape index (κ3) is 12.9. The minimum Gasteiger partial charge on any atom is -0.334 e. The van der Waals surface area contributed by atoms with Crippen LogP contribution in [-0.4, -0.2) is 97.7 Å². The van der Waals surface area contributed by atoms with E-state index in [0.29, 0.717) is 0 Å². The summed E-state index contributed by atoms with van der Waals surface area (Å²) in [6.07, 6.45) is -41.2. The molecule has 0 saturated heterocycles. The molecule has 0 aliphatic carbocycles. The van der Waals surface area contributed by atoms with E-state index in [-0.39, 0.29) is 0 Å². The second kappa shape index (κ2) is 14.3. The van der Waals surface area contributed by atoms with Crippen LogP contribution >= 0.6 is 15.6 Å². The van der Waals surface area contributed by atoms with Crippen molar-refractivity contribution in [1.29, 1.82) is 0 Å². The predicted molar refractivity (Wildman–Crippen MR) is 97.1 cm³/mol. The van der Waals surface area contributed by atoms with Gasteiger partial charge in [-0.05, 0) is 0 Å². The summed E-state index contributed by atoms with van der Waals surface area (Å²) in [5, 5.41) is 0.